The van der Waals surface area contributed by atoms with E-state index in [0.29, 0.717) is 0 Å². The summed E-state index contributed by atoms with van der Waals surface area (Å²) in [6, 6.07) is 6.07. The van der Waals surface area contributed by atoms with E-state index < -0.39 is 17.4 Å². The molecule has 1 aromatic rings. The Labute approximate surface area is 106 Å². The van der Waals surface area contributed by atoms with E-state index in [4.69, 9.17) is 9.94 Å². The van der Waals surface area contributed by atoms with Crippen molar-refractivity contribution in [3.05, 3.63) is 35.4 Å². The molecule has 0 saturated carbocycles. The summed E-state index contributed by atoms with van der Waals surface area (Å²) >= 11 is 0. The van der Waals surface area contributed by atoms with Gasteiger partial charge in [-0.05, 0) is 32.9 Å². The first-order chi connectivity index (χ1) is 8.29. The summed E-state index contributed by atoms with van der Waals surface area (Å²) in [4.78, 5) is 28.4. The van der Waals surface area contributed by atoms with Gasteiger partial charge >= 0.3 is 5.97 Å². The topological polar surface area (TPSA) is 66.8 Å². The molecule has 0 fully saturated rings. The quantitative estimate of drug-likeness (QED) is 0.836. The highest BCUT2D eigenvalue weighted by molar-refractivity contribution is 6.04. The molecule has 1 amide bonds. The van der Waals surface area contributed by atoms with Gasteiger partial charge in [-0.2, -0.15) is 0 Å². The van der Waals surface area contributed by atoms with Crippen LogP contribution in [0, 0.1) is 0 Å². The van der Waals surface area contributed by atoms with Crippen molar-refractivity contribution in [3.63, 3.8) is 0 Å². The zero-order chi connectivity index (χ0) is 13.9. The van der Waals surface area contributed by atoms with E-state index in [0.717, 1.165) is 5.06 Å². The predicted octanol–water partition coefficient (Wildman–Crippen LogP) is 2.19. The second kappa shape index (κ2) is 5.18. The SMILES string of the molecule is CON(C(=O)c1ccccc1C(=O)O)C(C)(C)C. The van der Waals surface area contributed by atoms with Gasteiger partial charge in [-0.15, -0.1) is 0 Å². The molecular formula is C13H17NO4. The highest BCUT2D eigenvalue weighted by Crippen LogP contribution is 2.19. The van der Waals surface area contributed by atoms with Gasteiger partial charge in [0.05, 0.1) is 23.8 Å². The van der Waals surface area contributed by atoms with Crippen LogP contribution in [0.15, 0.2) is 24.3 Å². The lowest BCUT2D eigenvalue weighted by molar-refractivity contribution is -0.146. The van der Waals surface area contributed by atoms with Crippen LogP contribution in [-0.4, -0.2) is 34.7 Å². The zero-order valence-corrected chi connectivity index (χ0v) is 10.9. The molecule has 1 aromatic carbocycles. The third-order valence-corrected chi connectivity index (χ3v) is 2.36. The largest absolute Gasteiger partial charge is 0.478 e. The Balaban J connectivity index is 3.22. The minimum absolute atomic E-state index is 0.0335. The lowest BCUT2D eigenvalue weighted by Crippen LogP contribution is -2.45. The third kappa shape index (κ3) is 2.87. The number of hydroxylamine groups is 2. The Morgan fingerprint density at radius 2 is 1.67 bits per heavy atom. The van der Waals surface area contributed by atoms with Crippen molar-refractivity contribution in [1.29, 1.82) is 0 Å². The van der Waals surface area contributed by atoms with Gasteiger partial charge in [0.2, 0.25) is 0 Å². The molecular weight excluding hydrogens is 234 g/mol. The molecule has 1 rings (SSSR count). The summed E-state index contributed by atoms with van der Waals surface area (Å²) in [5.74, 6) is -1.60. The molecule has 0 heterocycles. The van der Waals surface area contributed by atoms with E-state index in [-0.39, 0.29) is 11.1 Å². The van der Waals surface area contributed by atoms with Crippen LogP contribution in [0.2, 0.25) is 0 Å². The Bertz CT molecular complexity index is 462. The van der Waals surface area contributed by atoms with Gasteiger partial charge < -0.3 is 5.11 Å². The summed E-state index contributed by atoms with van der Waals surface area (Å²) in [6.07, 6.45) is 0. The number of amides is 1. The first-order valence-corrected chi connectivity index (χ1v) is 5.50. The molecule has 0 atom stereocenters. The van der Waals surface area contributed by atoms with Crippen molar-refractivity contribution >= 4 is 11.9 Å². The van der Waals surface area contributed by atoms with Crippen LogP contribution >= 0.6 is 0 Å². The van der Waals surface area contributed by atoms with Crippen LogP contribution in [0.3, 0.4) is 0 Å². The molecule has 0 saturated heterocycles. The number of benzene rings is 1. The minimum atomic E-state index is -1.14. The third-order valence-electron chi connectivity index (χ3n) is 2.36. The van der Waals surface area contributed by atoms with Crippen LogP contribution in [0.25, 0.3) is 0 Å². The fourth-order valence-electron chi connectivity index (χ4n) is 1.63. The number of carboxylic acid groups (broad SMARTS) is 1. The van der Waals surface area contributed by atoms with Crippen LogP contribution in [0.5, 0.6) is 0 Å². The first-order valence-electron chi connectivity index (χ1n) is 5.50. The zero-order valence-electron chi connectivity index (χ0n) is 10.9. The molecule has 18 heavy (non-hydrogen) atoms. The average molecular weight is 251 g/mol. The summed E-state index contributed by atoms with van der Waals surface area (Å²) in [7, 11) is 1.38. The molecule has 0 aliphatic rings. The highest BCUT2D eigenvalue weighted by Gasteiger charge is 2.30. The van der Waals surface area contributed by atoms with Gasteiger partial charge in [0.25, 0.3) is 5.91 Å². The summed E-state index contributed by atoms with van der Waals surface area (Å²) in [5, 5.41) is 10.2. The van der Waals surface area contributed by atoms with Crippen molar-refractivity contribution in [3.8, 4) is 0 Å². The van der Waals surface area contributed by atoms with Crippen LogP contribution in [0.4, 0.5) is 0 Å². The van der Waals surface area contributed by atoms with E-state index in [9.17, 15) is 9.59 Å². The van der Waals surface area contributed by atoms with Crippen molar-refractivity contribution in [2.75, 3.05) is 7.11 Å². The Morgan fingerprint density at radius 3 is 2.06 bits per heavy atom. The van der Waals surface area contributed by atoms with Crippen molar-refractivity contribution < 1.29 is 19.5 Å². The van der Waals surface area contributed by atoms with E-state index in [1.54, 1.807) is 32.9 Å². The molecule has 0 unspecified atom stereocenters. The summed E-state index contributed by atoms with van der Waals surface area (Å²) in [5.41, 5.74) is -0.479. The second-order valence-corrected chi connectivity index (χ2v) is 4.80. The standard InChI is InChI=1S/C13H17NO4/c1-13(2,3)14(18-4)11(15)9-7-5-6-8-10(9)12(16)17/h5-8H,1-4H3,(H,16,17). The summed E-state index contributed by atoms with van der Waals surface area (Å²) in [6.45, 7) is 5.41. The number of carbonyl (C=O) groups excluding carboxylic acids is 1. The number of hydrogen-bond acceptors (Lipinski definition) is 3. The monoisotopic (exact) mass is 251 g/mol. The van der Waals surface area contributed by atoms with Gasteiger partial charge in [-0.1, -0.05) is 12.1 Å². The van der Waals surface area contributed by atoms with Crippen LogP contribution < -0.4 is 0 Å². The number of aromatic carboxylic acids is 1. The van der Waals surface area contributed by atoms with Crippen LogP contribution in [-0.2, 0) is 4.84 Å². The fraction of sp³-hybridized carbons (Fsp3) is 0.385. The molecule has 98 valence electrons. The van der Waals surface area contributed by atoms with Gasteiger partial charge in [0, 0.05) is 0 Å². The Morgan fingerprint density at radius 1 is 1.17 bits per heavy atom. The minimum Gasteiger partial charge on any atom is -0.478 e. The molecule has 5 heteroatoms. The molecule has 0 spiro atoms. The maximum Gasteiger partial charge on any atom is 0.336 e. The van der Waals surface area contributed by atoms with Crippen molar-refractivity contribution in [1.82, 2.24) is 5.06 Å². The number of nitrogens with zero attached hydrogens (tertiary/aromatic N) is 1. The van der Waals surface area contributed by atoms with E-state index in [2.05, 4.69) is 0 Å². The normalized spacial score (nSPS) is 11.1. The highest BCUT2D eigenvalue weighted by atomic mass is 16.7. The van der Waals surface area contributed by atoms with Crippen molar-refractivity contribution in [2.45, 2.75) is 26.3 Å². The van der Waals surface area contributed by atoms with Gasteiger partial charge in [0.1, 0.15) is 0 Å². The van der Waals surface area contributed by atoms with Gasteiger partial charge in [-0.25, -0.2) is 9.86 Å². The molecule has 0 bridgehead atoms. The molecule has 0 radical (unpaired) electrons. The Kier molecular flexibility index (Phi) is 4.08. The predicted molar refractivity (Wildman–Crippen MR) is 66.3 cm³/mol. The summed E-state index contributed by atoms with van der Waals surface area (Å²) < 4.78 is 0. The van der Waals surface area contributed by atoms with E-state index in [1.165, 1.54) is 19.2 Å². The number of hydrogen-bond donors (Lipinski definition) is 1. The first kappa shape index (κ1) is 14.2. The molecule has 0 aromatic heterocycles. The molecule has 5 nitrogen and oxygen atoms in total. The molecule has 0 aliphatic heterocycles. The number of rotatable bonds is 3. The lowest BCUT2D eigenvalue weighted by atomic mass is 10.0. The molecule has 0 aliphatic carbocycles. The van der Waals surface area contributed by atoms with Crippen molar-refractivity contribution in [2.24, 2.45) is 0 Å². The van der Waals surface area contributed by atoms with E-state index >= 15 is 0 Å². The molecule has 1 N–H and O–H groups in total. The lowest BCUT2D eigenvalue weighted by Gasteiger charge is -2.33. The van der Waals surface area contributed by atoms with Crippen LogP contribution in [0.1, 0.15) is 41.5 Å². The average Bonchev–Trinajstić information content (AvgIpc) is 2.27. The van der Waals surface area contributed by atoms with Gasteiger partial charge in [-0.3, -0.25) is 9.63 Å². The maximum atomic E-state index is 12.3. The van der Waals surface area contributed by atoms with E-state index in [1.807, 2.05) is 0 Å². The fourth-order valence-corrected chi connectivity index (χ4v) is 1.63. The smallest absolute Gasteiger partial charge is 0.336 e. The Hall–Kier alpha value is -1.88. The maximum absolute atomic E-state index is 12.3. The number of carbonyl (C=O) groups is 2. The second-order valence-electron chi connectivity index (χ2n) is 4.80. The number of carboxylic acids is 1. The van der Waals surface area contributed by atoms with Gasteiger partial charge in [0.15, 0.2) is 0 Å².